The first-order valence-electron chi connectivity index (χ1n) is 10.1. The lowest BCUT2D eigenvalue weighted by atomic mass is 9.98. The van der Waals surface area contributed by atoms with Crippen LogP contribution in [0.2, 0.25) is 0 Å². The number of rotatable bonds is 5. The largest absolute Gasteiger partial charge is 0.328 e. The fourth-order valence-corrected chi connectivity index (χ4v) is 4.92. The molecule has 1 aliphatic rings. The smallest absolute Gasteiger partial charge is 0.286 e. The number of anilines is 2. The van der Waals surface area contributed by atoms with E-state index < -0.39 is 10.0 Å². The fourth-order valence-electron chi connectivity index (χ4n) is 3.66. The number of aryl methyl sites for hydroxylation is 1. The minimum atomic E-state index is -3.85. The molecule has 0 aromatic heterocycles. The van der Waals surface area contributed by atoms with Crippen molar-refractivity contribution in [2.75, 3.05) is 16.8 Å². The summed E-state index contributed by atoms with van der Waals surface area (Å²) in [6.07, 6.45) is 0. The molecule has 0 bridgehead atoms. The molecular formula is C23H29N3O3S. The number of benzene rings is 2. The van der Waals surface area contributed by atoms with Crippen LogP contribution in [0.5, 0.6) is 0 Å². The molecule has 1 heterocycles. The number of para-hydroxylation sites is 1. The molecule has 0 saturated carbocycles. The fraction of sp³-hybridized carbons (Fsp3) is 0.391. The van der Waals surface area contributed by atoms with Gasteiger partial charge in [-0.2, -0.15) is 8.42 Å². The predicted octanol–water partition coefficient (Wildman–Crippen LogP) is 4.95. The van der Waals surface area contributed by atoms with E-state index in [1.54, 1.807) is 19.1 Å². The molecule has 160 valence electrons. The second-order valence-electron chi connectivity index (χ2n) is 8.45. The van der Waals surface area contributed by atoms with E-state index in [-0.39, 0.29) is 22.3 Å². The number of hydrogen-bond donors (Lipinski definition) is 1. The zero-order valence-electron chi connectivity index (χ0n) is 18.4. The summed E-state index contributed by atoms with van der Waals surface area (Å²) >= 11 is 0. The quantitative estimate of drug-likeness (QED) is 0.732. The molecule has 2 aromatic rings. The van der Waals surface area contributed by atoms with Crippen LogP contribution in [0, 0.1) is 12.8 Å². The monoisotopic (exact) mass is 427 g/mol. The normalized spacial score (nSPS) is 15.2. The highest BCUT2D eigenvalue weighted by atomic mass is 32.2. The zero-order valence-corrected chi connectivity index (χ0v) is 19.2. The standard InChI is InChI=1S/C23H29N3O3S/c1-14(2)13-26-17(6)25-30(28,29)21-12-18(10-11-20(21)26)23(27)24-22-16(5)8-7-9-19(22)15(3)4/h7-12,14-15H,13H2,1-6H3,(H,24,27). The lowest BCUT2D eigenvalue weighted by molar-refractivity contribution is 0.102. The van der Waals surface area contributed by atoms with Gasteiger partial charge in [0.05, 0.1) is 5.69 Å². The summed E-state index contributed by atoms with van der Waals surface area (Å²) in [5.74, 6) is 0.661. The maximum absolute atomic E-state index is 13.0. The van der Waals surface area contributed by atoms with E-state index in [4.69, 9.17) is 0 Å². The molecule has 0 fully saturated rings. The van der Waals surface area contributed by atoms with Crippen molar-refractivity contribution in [3.05, 3.63) is 53.1 Å². The number of hydrogen-bond acceptors (Lipinski definition) is 4. The lowest BCUT2D eigenvalue weighted by Crippen LogP contribution is -2.36. The first-order chi connectivity index (χ1) is 14.0. The van der Waals surface area contributed by atoms with E-state index in [0.717, 1.165) is 16.8 Å². The summed E-state index contributed by atoms with van der Waals surface area (Å²) in [6, 6.07) is 10.7. The van der Waals surface area contributed by atoms with Crippen molar-refractivity contribution in [2.45, 2.75) is 52.4 Å². The van der Waals surface area contributed by atoms with Gasteiger partial charge in [-0.25, -0.2) is 0 Å². The Morgan fingerprint density at radius 2 is 1.80 bits per heavy atom. The van der Waals surface area contributed by atoms with Crippen molar-refractivity contribution in [1.29, 1.82) is 0 Å². The van der Waals surface area contributed by atoms with Gasteiger partial charge in [-0.05, 0) is 55.0 Å². The average Bonchev–Trinajstić information content (AvgIpc) is 2.65. The maximum Gasteiger partial charge on any atom is 0.286 e. The summed E-state index contributed by atoms with van der Waals surface area (Å²) in [7, 11) is -3.85. The first-order valence-corrected chi connectivity index (χ1v) is 11.6. The second kappa shape index (κ2) is 8.22. The van der Waals surface area contributed by atoms with Crippen molar-refractivity contribution in [1.82, 2.24) is 0 Å². The molecule has 3 rings (SSSR count). The van der Waals surface area contributed by atoms with Crippen LogP contribution < -0.4 is 10.2 Å². The Bertz CT molecular complexity index is 1120. The van der Waals surface area contributed by atoms with Gasteiger partial charge in [0, 0.05) is 17.8 Å². The third kappa shape index (κ3) is 4.26. The predicted molar refractivity (Wildman–Crippen MR) is 122 cm³/mol. The van der Waals surface area contributed by atoms with Gasteiger partial charge >= 0.3 is 0 Å². The summed E-state index contributed by atoms with van der Waals surface area (Å²) in [6.45, 7) is 12.5. The third-order valence-corrected chi connectivity index (χ3v) is 6.53. The second-order valence-corrected chi connectivity index (χ2v) is 10.0. The summed E-state index contributed by atoms with van der Waals surface area (Å²) in [5.41, 5.74) is 3.62. The van der Waals surface area contributed by atoms with E-state index in [0.29, 0.717) is 24.0 Å². The minimum Gasteiger partial charge on any atom is -0.328 e. The number of fused-ring (bicyclic) bond motifs is 1. The van der Waals surface area contributed by atoms with Crippen molar-refractivity contribution < 1.29 is 13.2 Å². The average molecular weight is 428 g/mol. The van der Waals surface area contributed by atoms with Gasteiger partial charge in [0.15, 0.2) is 0 Å². The molecule has 6 nitrogen and oxygen atoms in total. The van der Waals surface area contributed by atoms with Crippen molar-refractivity contribution in [3.8, 4) is 0 Å². The van der Waals surface area contributed by atoms with Gasteiger partial charge < -0.3 is 10.2 Å². The zero-order chi connectivity index (χ0) is 22.2. The highest BCUT2D eigenvalue weighted by Crippen LogP contribution is 2.34. The van der Waals surface area contributed by atoms with Crippen LogP contribution >= 0.6 is 0 Å². The number of sulfonamides is 1. The van der Waals surface area contributed by atoms with E-state index in [9.17, 15) is 13.2 Å². The maximum atomic E-state index is 13.0. The highest BCUT2D eigenvalue weighted by molar-refractivity contribution is 7.90. The Balaban J connectivity index is 2.01. The van der Waals surface area contributed by atoms with Crippen molar-refractivity contribution in [2.24, 2.45) is 10.3 Å². The van der Waals surface area contributed by atoms with Gasteiger partial charge in [-0.3, -0.25) is 4.79 Å². The van der Waals surface area contributed by atoms with Gasteiger partial charge in [-0.15, -0.1) is 4.40 Å². The van der Waals surface area contributed by atoms with Crippen LogP contribution in [0.25, 0.3) is 0 Å². The Kier molecular flexibility index (Phi) is 6.04. The molecule has 0 saturated heterocycles. The van der Waals surface area contributed by atoms with Crippen LogP contribution in [0.4, 0.5) is 11.4 Å². The third-order valence-electron chi connectivity index (χ3n) is 5.15. The molecule has 0 unspecified atom stereocenters. The number of nitrogens with zero attached hydrogens (tertiary/aromatic N) is 2. The van der Waals surface area contributed by atoms with E-state index in [1.807, 2.05) is 30.0 Å². The number of nitrogens with one attached hydrogen (secondary N) is 1. The first kappa shape index (κ1) is 22.0. The highest BCUT2D eigenvalue weighted by Gasteiger charge is 2.30. The molecule has 0 atom stereocenters. The Morgan fingerprint density at radius 1 is 1.10 bits per heavy atom. The molecule has 2 aromatic carbocycles. The topological polar surface area (TPSA) is 78.8 Å². The summed E-state index contributed by atoms with van der Waals surface area (Å²) in [4.78, 5) is 15.0. The minimum absolute atomic E-state index is 0.0651. The molecular weight excluding hydrogens is 398 g/mol. The Hall–Kier alpha value is -2.67. The molecule has 0 spiro atoms. The summed E-state index contributed by atoms with van der Waals surface area (Å²) < 4.78 is 29.3. The molecule has 1 amide bonds. The van der Waals surface area contributed by atoms with Gasteiger partial charge in [0.25, 0.3) is 15.9 Å². The molecule has 0 aliphatic carbocycles. The van der Waals surface area contributed by atoms with E-state index >= 15 is 0 Å². The van der Waals surface area contributed by atoms with E-state index in [2.05, 4.69) is 37.4 Å². The molecule has 0 radical (unpaired) electrons. The van der Waals surface area contributed by atoms with Crippen LogP contribution in [0.3, 0.4) is 0 Å². The van der Waals surface area contributed by atoms with Crippen molar-refractivity contribution >= 4 is 33.1 Å². The summed E-state index contributed by atoms with van der Waals surface area (Å²) in [5, 5.41) is 2.98. The number of carbonyl (C=O) groups excluding carboxylic acids is 1. The van der Waals surface area contributed by atoms with Gasteiger partial charge in [0.1, 0.15) is 10.7 Å². The Labute approximate surface area is 179 Å². The Morgan fingerprint density at radius 3 is 2.43 bits per heavy atom. The van der Waals surface area contributed by atoms with E-state index in [1.165, 1.54) is 6.07 Å². The molecule has 30 heavy (non-hydrogen) atoms. The number of amidine groups is 1. The lowest BCUT2D eigenvalue weighted by Gasteiger charge is -2.31. The van der Waals surface area contributed by atoms with Crippen LogP contribution in [0.1, 0.15) is 62.0 Å². The molecule has 1 N–H and O–H groups in total. The van der Waals surface area contributed by atoms with Crippen molar-refractivity contribution in [3.63, 3.8) is 0 Å². The SMILES string of the molecule is CC1=NS(=O)(=O)c2cc(C(=O)Nc3c(C)cccc3C(C)C)ccc2N1CC(C)C. The number of amides is 1. The van der Waals surface area contributed by atoms with Gasteiger partial charge in [-0.1, -0.05) is 45.9 Å². The van der Waals surface area contributed by atoms with Crippen LogP contribution in [-0.4, -0.2) is 26.7 Å². The molecule has 7 heteroatoms. The number of carbonyl (C=O) groups is 1. The molecule has 1 aliphatic heterocycles. The van der Waals surface area contributed by atoms with Crippen LogP contribution in [-0.2, 0) is 10.0 Å². The van der Waals surface area contributed by atoms with Crippen LogP contribution in [0.15, 0.2) is 45.7 Å². The van der Waals surface area contributed by atoms with Gasteiger partial charge in [0.2, 0.25) is 0 Å².